The fourth-order valence-corrected chi connectivity index (χ4v) is 5.67. The van der Waals surface area contributed by atoms with Crippen molar-refractivity contribution in [3.05, 3.63) is 83.4 Å². The summed E-state index contributed by atoms with van der Waals surface area (Å²) in [7, 11) is 0. The molecule has 0 fully saturated rings. The number of amides is 5. The molecule has 1 aliphatic heterocycles. The standard InChI is InChI=1S/C35H44FN11O7/c36-23-13-11-22(12-14-23)31(51)39-15-5-4-10-28-34(54)43-24(9-6-16-40-35(37)38)32(52)41-19-29(48)42-26(18-30(49)50)33(53)44-25(27-20-47(28)46-45-27)17-21-7-2-1-3-8-21/h1-3,7-8,11-14,20,24-26,28H,4-6,9-10,15-19H2,(H,39,51)(H,41,52)(H,42,48)(H,43,54)(H,44,53)(H,49,50)(H4,37,38,40)/t24-,25-,26-,28-/m0/s1. The van der Waals surface area contributed by atoms with E-state index in [2.05, 4.69) is 41.9 Å². The molecule has 54 heavy (non-hydrogen) atoms. The van der Waals surface area contributed by atoms with Crippen molar-refractivity contribution in [1.29, 1.82) is 0 Å². The van der Waals surface area contributed by atoms with Crippen molar-refractivity contribution in [3.63, 3.8) is 0 Å². The van der Waals surface area contributed by atoms with Crippen LogP contribution in [-0.2, 0) is 30.4 Å². The van der Waals surface area contributed by atoms with Gasteiger partial charge in [-0.2, -0.15) is 0 Å². The number of carboxylic acids is 1. The summed E-state index contributed by atoms with van der Waals surface area (Å²) in [5.41, 5.74) is 12.2. The van der Waals surface area contributed by atoms with Crippen molar-refractivity contribution in [2.24, 2.45) is 16.5 Å². The first-order valence-corrected chi connectivity index (χ1v) is 17.3. The molecule has 0 spiro atoms. The lowest BCUT2D eigenvalue weighted by atomic mass is 10.0. The number of aliphatic carboxylic acids is 1. The van der Waals surface area contributed by atoms with Gasteiger partial charge in [-0.25, -0.2) is 9.07 Å². The molecule has 0 aliphatic carbocycles. The number of unbranched alkanes of at least 4 members (excludes halogenated alkanes) is 1. The van der Waals surface area contributed by atoms with Crippen molar-refractivity contribution >= 4 is 41.5 Å². The first-order valence-electron chi connectivity index (χ1n) is 17.3. The summed E-state index contributed by atoms with van der Waals surface area (Å²) in [6.07, 6.45) is 2.32. The highest BCUT2D eigenvalue weighted by atomic mass is 19.1. The molecule has 1 aliphatic rings. The number of nitrogens with two attached hydrogens (primary N) is 2. The molecular weight excluding hydrogens is 705 g/mol. The Bertz CT molecular complexity index is 1800. The highest BCUT2D eigenvalue weighted by Gasteiger charge is 2.31. The molecule has 5 amide bonds. The molecule has 1 aromatic heterocycles. The molecule has 19 heteroatoms. The number of nitrogens with one attached hydrogen (secondary N) is 5. The minimum absolute atomic E-state index is 0.0733. The number of hydrogen-bond acceptors (Lipinski definition) is 9. The molecule has 3 aromatic rings. The van der Waals surface area contributed by atoms with Crippen LogP contribution in [0.25, 0.3) is 0 Å². The van der Waals surface area contributed by atoms with Gasteiger partial charge in [-0.1, -0.05) is 35.5 Å². The van der Waals surface area contributed by atoms with Gasteiger partial charge < -0.3 is 43.2 Å². The normalized spacial score (nSPS) is 19.4. The van der Waals surface area contributed by atoms with Gasteiger partial charge in [-0.15, -0.1) is 5.10 Å². The Labute approximate surface area is 309 Å². The summed E-state index contributed by atoms with van der Waals surface area (Å²) >= 11 is 0. The molecule has 2 bridgehead atoms. The molecule has 4 atom stereocenters. The third-order valence-electron chi connectivity index (χ3n) is 8.43. The minimum atomic E-state index is -1.50. The van der Waals surface area contributed by atoms with Crippen molar-refractivity contribution in [3.8, 4) is 0 Å². The van der Waals surface area contributed by atoms with Crippen molar-refractivity contribution in [2.45, 2.75) is 69.1 Å². The molecule has 2 aromatic carbocycles. The van der Waals surface area contributed by atoms with Crippen LogP contribution in [-0.4, -0.2) is 93.3 Å². The minimum Gasteiger partial charge on any atom is -0.481 e. The topological polar surface area (TPSA) is 278 Å². The van der Waals surface area contributed by atoms with Crippen molar-refractivity contribution < 1.29 is 38.3 Å². The number of halogens is 1. The number of fused-ring (bicyclic) bond motifs is 2. The quantitative estimate of drug-likeness (QED) is 0.0596. The summed E-state index contributed by atoms with van der Waals surface area (Å²) in [6, 6.07) is 9.66. The number of guanidine groups is 1. The van der Waals surface area contributed by atoms with E-state index in [0.717, 1.165) is 5.56 Å². The summed E-state index contributed by atoms with van der Waals surface area (Å²) < 4.78 is 14.6. The second kappa shape index (κ2) is 20.0. The van der Waals surface area contributed by atoms with Crippen LogP contribution in [0.5, 0.6) is 0 Å². The Kier molecular flexibility index (Phi) is 15.0. The highest BCUT2D eigenvalue weighted by Crippen LogP contribution is 2.21. The Morgan fingerprint density at radius 3 is 2.31 bits per heavy atom. The molecule has 0 saturated carbocycles. The zero-order valence-electron chi connectivity index (χ0n) is 29.4. The third kappa shape index (κ3) is 12.7. The molecule has 0 radical (unpaired) electrons. The van der Waals surface area contributed by atoms with E-state index in [1.165, 1.54) is 35.1 Å². The van der Waals surface area contributed by atoms with E-state index in [9.17, 15) is 38.3 Å². The van der Waals surface area contributed by atoms with Crippen LogP contribution < -0.4 is 38.1 Å². The number of benzene rings is 2. The van der Waals surface area contributed by atoms with Crippen LogP contribution in [0.3, 0.4) is 0 Å². The maximum absolute atomic E-state index is 14.0. The first-order chi connectivity index (χ1) is 25.9. The predicted molar refractivity (Wildman–Crippen MR) is 192 cm³/mol. The molecule has 10 N–H and O–H groups in total. The lowest BCUT2D eigenvalue weighted by Gasteiger charge is -2.24. The van der Waals surface area contributed by atoms with Gasteiger partial charge in [-0.3, -0.25) is 33.8 Å². The van der Waals surface area contributed by atoms with Crippen molar-refractivity contribution in [1.82, 2.24) is 41.6 Å². The number of hydrogen-bond donors (Lipinski definition) is 8. The summed E-state index contributed by atoms with van der Waals surface area (Å²) in [6.45, 7) is -0.227. The van der Waals surface area contributed by atoms with E-state index in [1.807, 2.05) is 30.3 Å². The number of carboxylic acid groups (broad SMARTS) is 1. The average molecular weight is 750 g/mol. The van der Waals surface area contributed by atoms with Crippen LogP contribution in [0.2, 0.25) is 0 Å². The fourth-order valence-electron chi connectivity index (χ4n) is 5.67. The number of aromatic nitrogens is 3. The summed E-state index contributed by atoms with van der Waals surface area (Å²) in [4.78, 5) is 81.8. The number of carbonyl (C=O) groups is 6. The third-order valence-corrected chi connectivity index (χ3v) is 8.43. The lowest BCUT2D eigenvalue weighted by Crippen LogP contribution is -2.53. The Hall–Kier alpha value is -6.40. The zero-order valence-corrected chi connectivity index (χ0v) is 29.4. The first kappa shape index (κ1) is 40.4. The van der Waals surface area contributed by atoms with Crippen LogP contribution in [0.15, 0.2) is 65.8 Å². The average Bonchev–Trinajstić information content (AvgIpc) is 3.62. The monoisotopic (exact) mass is 749 g/mol. The predicted octanol–water partition coefficient (Wildman–Crippen LogP) is -0.414. The Morgan fingerprint density at radius 1 is 0.889 bits per heavy atom. The summed E-state index contributed by atoms with van der Waals surface area (Å²) in [5, 5.41) is 31.1. The van der Waals surface area contributed by atoms with Gasteiger partial charge in [-0.05, 0) is 68.4 Å². The maximum Gasteiger partial charge on any atom is 0.305 e. The fraction of sp³-hybridized carbons (Fsp3) is 0.400. The van der Waals surface area contributed by atoms with Gasteiger partial charge in [0.1, 0.15) is 29.6 Å². The number of carbonyl (C=O) groups excluding carboxylic acids is 5. The van der Waals surface area contributed by atoms with Crippen molar-refractivity contribution in [2.75, 3.05) is 19.6 Å². The van der Waals surface area contributed by atoms with Crippen LogP contribution in [0, 0.1) is 5.82 Å². The SMILES string of the molecule is NC(N)=NCCC[C@@H]1NC(=O)[C@H](CCCCNC(=O)c2ccc(F)cc2)n2cc(nn2)[C@H](Cc2ccccc2)NC(=O)[C@H](CC(=O)O)NC(=O)CNC1=O. The molecule has 0 saturated heterocycles. The number of aliphatic imine (C=N–C) groups is 1. The van der Waals surface area contributed by atoms with Gasteiger partial charge in [0.25, 0.3) is 5.91 Å². The summed E-state index contributed by atoms with van der Waals surface area (Å²) in [5.74, 6) is -5.32. The van der Waals surface area contributed by atoms with Crippen LogP contribution in [0.1, 0.15) is 72.2 Å². The van der Waals surface area contributed by atoms with Crippen LogP contribution in [0.4, 0.5) is 4.39 Å². The maximum atomic E-state index is 14.0. The molecule has 18 nitrogen and oxygen atoms in total. The smallest absolute Gasteiger partial charge is 0.305 e. The largest absolute Gasteiger partial charge is 0.481 e. The Balaban J connectivity index is 1.62. The lowest BCUT2D eigenvalue weighted by molar-refractivity contribution is -0.141. The van der Waals surface area contributed by atoms with Gasteiger partial charge in [0.05, 0.1) is 25.2 Å². The van der Waals surface area contributed by atoms with Gasteiger partial charge in [0.2, 0.25) is 23.6 Å². The highest BCUT2D eigenvalue weighted by molar-refractivity contribution is 5.95. The van der Waals surface area contributed by atoms with Gasteiger partial charge >= 0.3 is 5.97 Å². The molecular formula is C35H44FN11O7. The number of nitrogens with zero attached hydrogens (tertiary/aromatic N) is 4. The Morgan fingerprint density at radius 2 is 1.61 bits per heavy atom. The molecule has 0 unspecified atom stereocenters. The van der Waals surface area contributed by atoms with E-state index in [4.69, 9.17) is 11.5 Å². The van der Waals surface area contributed by atoms with E-state index in [1.54, 1.807) is 0 Å². The second-order valence-corrected chi connectivity index (χ2v) is 12.6. The second-order valence-electron chi connectivity index (χ2n) is 12.6. The zero-order chi connectivity index (χ0) is 39.0. The van der Waals surface area contributed by atoms with Gasteiger partial charge in [0, 0.05) is 18.7 Å². The molecule has 2 heterocycles. The van der Waals surface area contributed by atoms with E-state index in [-0.39, 0.29) is 56.0 Å². The van der Waals surface area contributed by atoms with Gasteiger partial charge in [0.15, 0.2) is 5.96 Å². The molecule has 4 rings (SSSR count). The van der Waals surface area contributed by atoms with Crippen LogP contribution >= 0.6 is 0 Å². The van der Waals surface area contributed by atoms with E-state index in [0.29, 0.717) is 12.8 Å². The van der Waals surface area contributed by atoms with E-state index < -0.39 is 78.5 Å². The number of rotatable bonds is 14. The molecule has 288 valence electrons. The van der Waals surface area contributed by atoms with E-state index >= 15 is 0 Å².